The first-order chi connectivity index (χ1) is 16.0. The van der Waals surface area contributed by atoms with E-state index in [1.54, 1.807) is 18.2 Å². The van der Waals surface area contributed by atoms with E-state index < -0.39 is 10.0 Å². The molecule has 2 saturated heterocycles. The lowest BCUT2D eigenvalue weighted by Crippen LogP contribution is -2.44. The van der Waals surface area contributed by atoms with Gasteiger partial charge in [-0.2, -0.15) is 4.31 Å². The van der Waals surface area contributed by atoms with E-state index in [1.165, 1.54) is 17.1 Å². The fourth-order valence-corrected chi connectivity index (χ4v) is 6.42. The number of carbonyl (C=O) groups is 1. The lowest BCUT2D eigenvalue weighted by molar-refractivity contribution is -0.136. The zero-order chi connectivity index (χ0) is 22.8. The van der Waals surface area contributed by atoms with Crippen molar-refractivity contribution < 1.29 is 13.2 Å². The van der Waals surface area contributed by atoms with Gasteiger partial charge in [-0.25, -0.2) is 13.4 Å². The number of aromatic nitrogens is 2. The number of H-pyrrole nitrogens is 1. The molecule has 33 heavy (non-hydrogen) atoms. The lowest BCUT2D eigenvalue weighted by atomic mass is 9.96. The number of aromatic amines is 1. The van der Waals surface area contributed by atoms with Crippen molar-refractivity contribution in [1.82, 2.24) is 19.2 Å². The molecule has 0 aliphatic carbocycles. The van der Waals surface area contributed by atoms with Gasteiger partial charge < -0.3 is 9.88 Å². The topological polar surface area (TPSA) is 86.4 Å². The van der Waals surface area contributed by atoms with Gasteiger partial charge in [-0.1, -0.05) is 43.2 Å². The number of hydrogen-bond acceptors (Lipinski definition) is 4. The van der Waals surface area contributed by atoms with E-state index in [1.807, 2.05) is 35.2 Å². The number of nitrogens with one attached hydrogen (secondary N) is 1. The van der Waals surface area contributed by atoms with Gasteiger partial charge in [0.2, 0.25) is 15.9 Å². The molecule has 0 spiro atoms. The normalized spacial score (nSPS) is 19.0. The first-order valence-corrected chi connectivity index (χ1v) is 13.3. The van der Waals surface area contributed by atoms with Gasteiger partial charge in [-0.15, -0.1) is 0 Å². The summed E-state index contributed by atoms with van der Waals surface area (Å²) in [5.74, 6) is 0.854. The summed E-state index contributed by atoms with van der Waals surface area (Å²) >= 11 is 0. The summed E-state index contributed by atoms with van der Waals surface area (Å²) in [5, 5.41) is 0. The Hall–Kier alpha value is -2.71. The molecule has 174 valence electrons. The molecule has 7 nitrogen and oxygen atoms in total. The summed E-state index contributed by atoms with van der Waals surface area (Å²) in [5.41, 5.74) is 2.38. The Labute approximate surface area is 194 Å². The number of likely N-dealkylation sites (tertiary alicyclic amines) is 1. The van der Waals surface area contributed by atoms with Gasteiger partial charge in [0.05, 0.1) is 15.9 Å². The summed E-state index contributed by atoms with van der Waals surface area (Å²) in [4.78, 5) is 23.0. The summed E-state index contributed by atoms with van der Waals surface area (Å²) in [6, 6.07) is 14.8. The van der Waals surface area contributed by atoms with Gasteiger partial charge in [0.25, 0.3) is 0 Å². The highest BCUT2D eigenvalue weighted by atomic mass is 32.2. The van der Waals surface area contributed by atoms with Crippen LogP contribution in [-0.2, 0) is 14.8 Å². The van der Waals surface area contributed by atoms with Gasteiger partial charge in [0.15, 0.2) is 0 Å². The van der Waals surface area contributed by atoms with Gasteiger partial charge in [0, 0.05) is 37.7 Å². The van der Waals surface area contributed by atoms with Crippen LogP contribution in [0, 0.1) is 5.92 Å². The molecule has 2 aromatic carbocycles. The number of sulfonamides is 1. The first kappa shape index (κ1) is 22.1. The van der Waals surface area contributed by atoms with E-state index in [2.05, 4.69) is 9.97 Å². The molecule has 0 atom stereocenters. The number of nitrogens with zero attached hydrogens (tertiary/aromatic N) is 3. The number of fused-ring (bicyclic) bond motifs is 1. The number of amides is 1. The highest BCUT2D eigenvalue weighted by molar-refractivity contribution is 7.89. The fourth-order valence-electron chi connectivity index (χ4n) is 4.92. The molecule has 0 unspecified atom stereocenters. The van der Waals surface area contributed by atoms with Crippen LogP contribution in [-0.4, -0.2) is 59.7 Å². The Balaban J connectivity index is 1.29. The van der Waals surface area contributed by atoms with Crippen molar-refractivity contribution in [3.05, 3.63) is 48.5 Å². The van der Waals surface area contributed by atoms with Gasteiger partial charge in [-0.3, -0.25) is 4.79 Å². The molecule has 2 aliphatic rings. The molecule has 3 aromatic rings. The zero-order valence-electron chi connectivity index (χ0n) is 18.7. The third-order valence-electron chi connectivity index (χ3n) is 6.86. The molecule has 1 aromatic heterocycles. The molecular formula is C25H30N4O3S. The molecular weight excluding hydrogens is 436 g/mol. The van der Waals surface area contributed by atoms with Crippen LogP contribution in [0.4, 0.5) is 0 Å². The maximum Gasteiger partial charge on any atom is 0.243 e. The predicted molar refractivity (Wildman–Crippen MR) is 128 cm³/mol. The summed E-state index contributed by atoms with van der Waals surface area (Å²) in [6.07, 6.45) is 5.68. The number of piperidine rings is 1. The zero-order valence-corrected chi connectivity index (χ0v) is 19.6. The van der Waals surface area contributed by atoms with Crippen LogP contribution in [0.15, 0.2) is 53.4 Å². The second kappa shape index (κ2) is 9.27. The summed E-state index contributed by atoms with van der Waals surface area (Å²) in [6.45, 7) is 2.44. The van der Waals surface area contributed by atoms with Crippen molar-refractivity contribution in [2.75, 3.05) is 26.2 Å². The second-order valence-corrected chi connectivity index (χ2v) is 11.0. The van der Waals surface area contributed by atoms with Crippen molar-refractivity contribution in [2.24, 2.45) is 5.92 Å². The standard InChI is InChI=1S/C25H30N4O3S/c30-25(28-14-6-1-2-7-15-28)20-12-16-29(17-13-20)33(31,32)21-10-11-22-23(18-21)27-24(26-22)19-8-4-3-5-9-19/h3-5,8-11,18,20H,1-2,6-7,12-17H2,(H,26,27). The number of hydrogen-bond donors (Lipinski definition) is 1. The van der Waals surface area contributed by atoms with Crippen LogP contribution >= 0.6 is 0 Å². The molecule has 1 N–H and O–H groups in total. The molecule has 0 saturated carbocycles. The maximum atomic E-state index is 13.3. The lowest BCUT2D eigenvalue weighted by Gasteiger charge is -2.33. The van der Waals surface area contributed by atoms with Crippen molar-refractivity contribution >= 4 is 27.0 Å². The van der Waals surface area contributed by atoms with E-state index in [4.69, 9.17) is 0 Å². The summed E-state index contributed by atoms with van der Waals surface area (Å²) in [7, 11) is -3.63. The van der Waals surface area contributed by atoms with Crippen LogP contribution in [0.5, 0.6) is 0 Å². The fraction of sp³-hybridized carbons (Fsp3) is 0.440. The molecule has 1 amide bonds. The quantitative estimate of drug-likeness (QED) is 0.629. The van der Waals surface area contributed by atoms with Gasteiger partial charge in [0.1, 0.15) is 5.82 Å². The van der Waals surface area contributed by atoms with E-state index >= 15 is 0 Å². The Kier molecular flexibility index (Phi) is 6.21. The van der Waals surface area contributed by atoms with Crippen LogP contribution in [0.1, 0.15) is 38.5 Å². The molecule has 5 rings (SSSR count). The SMILES string of the molecule is O=C(C1CCN(S(=O)(=O)c2ccc3nc(-c4ccccc4)[nH]c3c2)CC1)N1CCCCCC1. The van der Waals surface area contributed by atoms with E-state index in [0.29, 0.717) is 37.3 Å². The van der Waals surface area contributed by atoms with Crippen molar-refractivity contribution in [3.63, 3.8) is 0 Å². The third-order valence-corrected chi connectivity index (χ3v) is 8.75. The highest BCUT2D eigenvalue weighted by Crippen LogP contribution is 2.28. The van der Waals surface area contributed by atoms with Crippen LogP contribution in [0.2, 0.25) is 0 Å². The number of rotatable bonds is 4. The molecule has 0 bridgehead atoms. The monoisotopic (exact) mass is 466 g/mol. The van der Waals surface area contributed by atoms with Gasteiger partial charge >= 0.3 is 0 Å². The molecule has 0 radical (unpaired) electrons. The smallest absolute Gasteiger partial charge is 0.243 e. The number of imidazole rings is 1. The second-order valence-electron chi connectivity index (χ2n) is 9.05. The molecule has 8 heteroatoms. The average molecular weight is 467 g/mol. The van der Waals surface area contributed by atoms with Crippen LogP contribution in [0.3, 0.4) is 0 Å². The van der Waals surface area contributed by atoms with Gasteiger partial charge in [-0.05, 0) is 43.9 Å². The van der Waals surface area contributed by atoms with Crippen LogP contribution < -0.4 is 0 Å². The Morgan fingerprint density at radius 1 is 0.909 bits per heavy atom. The average Bonchev–Trinajstić information content (AvgIpc) is 3.09. The number of benzene rings is 2. The minimum absolute atomic E-state index is 0.0712. The molecule has 2 fully saturated rings. The maximum absolute atomic E-state index is 13.3. The minimum atomic E-state index is -3.63. The largest absolute Gasteiger partial charge is 0.342 e. The van der Waals surface area contributed by atoms with Crippen molar-refractivity contribution in [3.8, 4) is 11.4 Å². The molecule has 2 aliphatic heterocycles. The van der Waals surface area contributed by atoms with Crippen LogP contribution in [0.25, 0.3) is 22.4 Å². The number of carbonyl (C=O) groups excluding carboxylic acids is 1. The van der Waals surface area contributed by atoms with Crippen molar-refractivity contribution in [2.45, 2.75) is 43.4 Å². The van der Waals surface area contributed by atoms with Crippen molar-refractivity contribution in [1.29, 1.82) is 0 Å². The predicted octanol–water partition coefficient (Wildman–Crippen LogP) is 4.03. The summed E-state index contributed by atoms with van der Waals surface area (Å²) < 4.78 is 28.2. The van der Waals surface area contributed by atoms with E-state index in [0.717, 1.165) is 37.0 Å². The van der Waals surface area contributed by atoms with E-state index in [-0.39, 0.29) is 16.7 Å². The first-order valence-electron chi connectivity index (χ1n) is 11.9. The molecule has 3 heterocycles. The Morgan fingerprint density at radius 3 is 2.30 bits per heavy atom. The Morgan fingerprint density at radius 2 is 1.61 bits per heavy atom. The highest BCUT2D eigenvalue weighted by Gasteiger charge is 2.34. The minimum Gasteiger partial charge on any atom is -0.342 e. The third kappa shape index (κ3) is 4.54. The van der Waals surface area contributed by atoms with E-state index in [9.17, 15) is 13.2 Å². The Bertz CT molecular complexity index is 1220.